The number of fused-ring (bicyclic) bond motifs is 1. The monoisotopic (exact) mass is 257 g/mol. The van der Waals surface area contributed by atoms with Gasteiger partial charge in [-0.15, -0.1) is 0 Å². The lowest BCUT2D eigenvalue weighted by molar-refractivity contribution is -0.131. The Kier molecular flexibility index (Phi) is 3.51. The smallest absolute Gasteiger partial charge is 0.328 e. The van der Waals surface area contributed by atoms with E-state index in [2.05, 4.69) is 18.8 Å². The van der Waals surface area contributed by atoms with E-state index < -0.39 is 5.97 Å². The van der Waals surface area contributed by atoms with Crippen molar-refractivity contribution in [3.63, 3.8) is 0 Å². The molecule has 0 fully saturated rings. The van der Waals surface area contributed by atoms with Gasteiger partial charge in [-0.1, -0.05) is 19.9 Å². The van der Waals surface area contributed by atoms with E-state index in [1.165, 1.54) is 11.6 Å². The van der Waals surface area contributed by atoms with Crippen molar-refractivity contribution >= 4 is 22.9 Å². The van der Waals surface area contributed by atoms with Crippen molar-refractivity contribution in [1.29, 1.82) is 0 Å². The molecule has 19 heavy (non-hydrogen) atoms. The Bertz CT molecular complexity index is 711. The molecule has 0 aliphatic rings. The highest BCUT2D eigenvalue weighted by atomic mass is 16.4. The Morgan fingerprint density at radius 3 is 2.68 bits per heavy atom. The molecule has 1 aromatic carbocycles. The van der Waals surface area contributed by atoms with Gasteiger partial charge in [0.15, 0.2) is 0 Å². The standard InChI is InChI=1S/C15H15NO3/c1-9(2)10-3-5-13-12(7-10)8-11(15(19)16-13)4-6-14(17)18/h3-9H,1-2H3,(H,16,19)(H,17,18)/b6-4+. The second kappa shape index (κ2) is 5.10. The fraction of sp³-hybridized carbons (Fsp3) is 0.200. The molecule has 0 aliphatic heterocycles. The van der Waals surface area contributed by atoms with Crippen LogP contribution in [-0.2, 0) is 4.79 Å². The van der Waals surface area contributed by atoms with Gasteiger partial charge >= 0.3 is 5.97 Å². The fourth-order valence-corrected chi connectivity index (χ4v) is 1.89. The molecule has 0 aliphatic carbocycles. The van der Waals surface area contributed by atoms with Crippen molar-refractivity contribution < 1.29 is 9.90 Å². The van der Waals surface area contributed by atoms with Crippen LogP contribution in [0.1, 0.15) is 30.9 Å². The maximum Gasteiger partial charge on any atom is 0.328 e. The molecule has 1 heterocycles. The summed E-state index contributed by atoms with van der Waals surface area (Å²) in [6, 6.07) is 7.57. The van der Waals surface area contributed by atoms with Crippen molar-refractivity contribution in [2.24, 2.45) is 0 Å². The van der Waals surface area contributed by atoms with E-state index in [1.807, 2.05) is 18.2 Å². The lowest BCUT2D eigenvalue weighted by Crippen LogP contribution is -2.09. The van der Waals surface area contributed by atoms with Gasteiger partial charge in [0.1, 0.15) is 0 Å². The molecule has 0 amide bonds. The van der Waals surface area contributed by atoms with Crippen LogP contribution in [0.3, 0.4) is 0 Å². The molecule has 0 bridgehead atoms. The molecule has 98 valence electrons. The average Bonchev–Trinajstić information content (AvgIpc) is 2.35. The van der Waals surface area contributed by atoms with Crippen LogP contribution < -0.4 is 5.56 Å². The first kappa shape index (κ1) is 13.1. The van der Waals surface area contributed by atoms with Gasteiger partial charge in [-0.2, -0.15) is 0 Å². The van der Waals surface area contributed by atoms with Crippen molar-refractivity contribution in [3.8, 4) is 0 Å². The predicted molar refractivity (Wildman–Crippen MR) is 75.3 cm³/mol. The van der Waals surface area contributed by atoms with Gasteiger partial charge < -0.3 is 10.1 Å². The fourth-order valence-electron chi connectivity index (χ4n) is 1.89. The number of carbonyl (C=O) groups is 1. The maximum absolute atomic E-state index is 11.8. The number of carboxylic acid groups (broad SMARTS) is 1. The number of rotatable bonds is 3. The Balaban J connectivity index is 2.58. The molecule has 1 aromatic heterocycles. The summed E-state index contributed by atoms with van der Waals surface area (Å²) in [4.78, 5) is 25.0. The second-order valence-electron chi connectivity index (χ2n) is 4.73. The third-order valence-corrected chi connectivity index (χ3v) is 2.97. The first-order chi connectivity index (χ1) is 8.97. The third kappa shape index (κ3) is 2.91. The van der Waals surface area contributed by atoms with E-state index in [9.17, 15) is 9.59 Å². The van der Waals surface area contributed by atoms with Crippen LogP contribution >= 0.6 is 0 Å². The molecule has 4 nitrogen and oxygen atoms in total. The SMILES string of the molecule is CC(C)c1ccc2[nH]c(=O)c(/C=C/C(=O)O)cc2c1. The zero-order valence-corrected chi connectivity index (χ0v) is 10.8. The van der Waals surface area contributed by atoms with Crippen LogP contribution in [0.5, 0.6) is 0 Å². The van der Waals surface area contributed by atoms with E-state index >= 15 is 0 Å². The summed E-state index contributed by atoms with van der Waals surface area (Å²) in [5, 5.41) is 9.50. The van der Waals surface area contributed by atoms with Gasteiger partial charge in [0, 0.05) is 17.2 Å². The van der Waals surface area contributed by atoms with E-state index in [-0.39, 0.29) is 5.56 Å². The molecule has 0 atom stereocenters. The minimum atomic E-state index is -1.07. The van der Waals surface area contributed by atoms with Crippen molar-refractivity contribution in [2.75, 3.05) is 0 Å². The molecule has 2 aromatic rings. The van der Waals surface area contributed by atoms with Crippen molar-refractivity contribution in [1.82, 2.24) is 4.98 Å². The molecule has 2 rings (SSSR count). The number of nitrogens with one attached hydrogen (secondary N) is 1. The van der Waals surface area contributed by atoms with Crippen LogP contribution in [0, 0.1) is 0 Å². The summed E-state index contributed by atoms with van der Waals surface area (Å²) in [5.41, 5.74) is 1.98. The number of carboxylic acids is 1. The quantitative estimate of drug-likeness (QED) is 0.830. The van der Waals surface area contributed by atoms with Gasteiger partial charge in [0.2, 0.25) is 0 Å². The average molecular weight is 257 g/mol. The molecule has 4 heteroatoms. The summed E-state index contributed by atoms with van der Waals surface area (Å²) in [6.07, 6.45) is 2.27. The minimum absolute atomic E-state index is 0.290. The Morgan fingerprint density at radius 2 is 2.05 bits per heavy atom. The number of pyridine rings is 1. The molecule has 0 saturated heterocycles. The molecule has 0 saturated carbocycles. The molecule has 0 unspecified atom stereocenters. The summed E-state index contributed by atoms with van der Waals surface area (Å²) in [6.45, 7) is 4.19. The summed E-state index contributed by atoms with van der Waals surface area (Å²) < 4.78 is 0. The zero-order chi connectivity index (χ0) is 14.0. The molecule has 0 radical (unpaired) electrons. The largest absolute Gasteiger partial charge is 0.478 e. The van der Waals surface area contributed by atoms with Gasteiger partial charge in [-0.25, -0.2) is 4.79 Å². The summed E-state index contributed by atoms with van der Waals surface area (Å²) >= 11 is 0. The predicted octanol–water partition coefficient (Wildman–Crippen LogP) is 2.75. The maximum atomic E-state index is 11.8. The third-order valence-electron chi connectivity index (χ3n) is 2.97. The van der Waals surface area contributed by atoms with Gasteiger partial charge in [0.25, 0.3) is 5.56 Å². The topological polar surface area (TPSA) is 70.2 Å². The van der Waals surface area contributed by atoms with Crippen LogP contribution in [0.25, 0.3) is 17.0 Å². The van der Waals surface area contributed by atoms with Crippen molar-refractivity contribution in [3.05, 3.63) is 51.8 Å². The molecule has 0 spiro atoms. The van der Waals surface area contributed by atoms with Crippen LogP contribution in [0.4, 0.5) is 0 Å². The normalized spacial score (nSPS) is 11.5. The van der Waals surface area contributed by atoms with E-state index in [4.69, 9.17) is 5.11 Å². The molecular formula is C15H15NO3. The lowest BCUT2D eigenvalue weighted by atomic mass is 10.0. The summed E-state index contributed by atoms with van der Waals surface area (Å²) in [5.74, 6) is -0.676. The van der Waals surface area contributed by atoms with E-state index in [0.29, 0.717) is 11.5 Å². The minimum Gasteiger partial charge on any atom is -0.478 e. The highest BCUT2D eigenvalue weighted by molar-refractivity contribution is 5.87. The lowest BCUT2D eigenvalue weighted by Gasteiger charge is -2.07. The second-order valence-corrected chi connectivity index (χ2v) is 4.73. The zero-order valence-electron chi connectivity index (χ0n) is 10.8. The summed E-state index contributed by atoms with van der Waals surface area (Å²) in [7, 11) is 0. The van der Waals surface area contributed by atoms with Crippen LogP contribution in [-0.4, -0.2) is 16.1 Å². The van der Waals surface area contributed by atoms with Gasteiger partial charge in [-0.3, -0.25) is 4.79 Å². The molecule has 2 N–H and O–H groups in total. The number of aromatic amines is 1. The van der Waals surface area contributed by atoms with Gasteiger partial charge in [0.05, 0.1) is 0 Å². The Morgan fingerprint density at radius 1 is 1.32 bits per heavy atom. The van der Waals surface area contributed by atoms with Crippen LogP contribution in [0.2, 0.25) is 0 Å². The first-order valence-corrected chi connectivity index (χ1v) is 6.05. The molecular weight excluding hydrogens is 242 g/mol. The number of hydrogen-bond donors (Lipinski definition) is 2. The number of aromatic nitrogens is 1. The number of benzene rings is 1. The van der Waals surface area contributed by atoms with E-state index in [1.54, 1.807) is 6.07 Å². The highest BCUT2D eigenvalue weighted by Gasteiger charge is 2.04. The number of hydrogen-bond acceptors (Lipinski definition) is 2. The van der Waals surface area contributed by atoms with Crippen molar-refractivity contribution in [2.45, 2.75) is 19.8 Å². The highest BCUT2D eigenvalue weighted by Crippen LogP contribution is 2.20. The first-order valence-electron chi connectivity index (χ1n) is 6.05. The van der Waals surface area contributed by atoms with Gasteiger partial charge in [-0.05, 0) is 41.1 Å². The van der Waals surface area contributed by atoms with E-state index in [0.717, 1.165) is 17.0 Å². The Hall–Kier alpha value is -2.36. The van der Waals surface area contributed by atoms with Crippen LogP contribution in [0.15, 0.2) is 35.1 Å². The number of H-pyrrole nitrogens is 1. The Labute approximate surface area is 110 Å². The number of aliphatic carboxylic acids is 1.